The van der Waals surface area contributed by atoms with E-state index in [1.54, 1.807) is 10.4 Å². The van der Waals surface area contributed by atoms with E-state index >= 15 is 0 Å². The first-order chi connectivity index (χ1) is 10.2. The summed E-state index contributed by atoms with van der Waals surface area (Å²) >= 11 is 1.52. The van der Waals surface area contributed by atoms with E-state index in [1.165, 1.54) is 11.3 Å². The minimum Gasteiger partial charge on any atom is -0.340 e. The summed E-state index contributed by atoms with van der Waals surface area (Å²) in [6.07, 6.45) is 5.33. The van der Waals surface area contributed by atoms with E-state index in [2.05, 4.69) is 10.3 Å². The van der Waals surface area contributed by atoms with Crippen molar-refractivity contribution >= 4 is 23.2 Å². The predicted octanol–water partition coefficient (Wildman–Crippen LogP) is 2.08. The van der Waals surface area contributed by atoms with Gasteiger partial charge in [0.1, 0.15) is 11.6 Å². The van der Waals surface area contributed by atoms with Crippen LogP contribution in [-0.4, -0.2) is 33.3 Å². The summed E-state index contributed by atoms with van der Waals surface area (Å²) in [6, 6.07) is -0.369. The number of nitrogens with one attached hydrogen (secondary N) is 1. The molecule has 0 bridgehead atoms. The molecule has 6 heteroatoms. The molecular weight excluding hydrogens is 286 g/mol. The highest BCUT2D eigenvalue weighted by molar-refractivity contribution is 7.07. The van der Waals surface area contributed by atoms with Crippen molar-refractivity contribution in [3.63, 3.8) is 0 Å². The van der Waals surface area contributed by atoms with Crippen LogP contribution in [-0.2, 0) is 16.1 Å². The molecule has 1 aliphatic carbocycles. The maximum Gasteiger partial charge on any atom is 0.249 e. The van der Waals surface area contributed by atoms with Crippen molar-refractivity contribution in [2.45, 2.75) is 63.6 Å². The van der Waals surface area contributed by atoms with Gasteiger partial charge in [0, 0.05) is 5.38 Å². The molecule has 1 aromatic rings. The Bertz CT molecular complexity index is 523. The van der Waals surface area contributed by atoms with Gasteiger partial charge in [0.25, 0.3) is 0 Å². The van der Waals surface area contributed by atoms with Gasteiger partial charge in [0.2, 0.25) is 11.8 Å². The second-order valence-electron chi connectivity index (χ2n) is 5.97. The zero-order valence-electron chi connectivity index (χ0n) is 12.3. The quantitative estimate of drug-likeness (QED) is 0.930. The standard InChI is InChI=1S/C15H21N3O2S/c1-2-12-13(19)17-15(6-4-3-5-7-15)14(20)18(12)8-11-9-21-10-16-11/h9-10,12H,2-8H2,1H3,(H,17,19). The highest BCUT2D eigenvalue weighted by Crippen LogP contribution is 2.34. The Morgan fingerprint density at radius 2 is 2.14 bits per heavy atom. The molecule has 0 radical (unpaired) electrons. The van der Waals surface area contributed by atoms with Crippen LogP contribution in [0.15, 0.2) is 10.9 Å². The number of carbonyl (C=O) groups excluding carboxylic acids is 2. The molecule has 3 rings (SSSR count). The van der Waals surface area contributed by atoms with Crippen LogP contribution in [0.3, 0.4) is 0 Å². The molecule has 1 aliphatic heterocycles. The molecule has 1 saturated carbocycles. The lowest BCUT2D eigenvalue weighted by atomic mass is 9.78. The Morgan fingerprint density at radius 3 is 2.76 bits per heavy atom. The number of hydrogen-bond donors (Lipinski definition) is 1. The van der Waals surface area contributed by atoms with Gasteiger partial charge >= 0.3 is 0 Å². The van der Waals surface area contributed by atoms with Crippen molar-refractivity contribution in [2.24, 2.45) is 0 Å². The lowest BCUT2D eigenvalue weighted by Gasteiger charge is -2.47. The molecule has 2 amide bonds. The van der Waals surface area contributed by atoms with Gasteiger partial charge in [-0.15, -0.1) is 11.3 Å². The maximum absolute atomic E-state index is 13.0. The molecule has 1 spiro atoms. The van der Waals surface area contributed by atoms with Crippen molar-refractivity contribution in [3.05, 3.63) is 16.6 Å². The van der Waals surface area contributed by atoms with Crippen molar-refractivity contribution in [1.82, 2.24) is 15.2 Å². The number of carbonyl (C=O) groups is 2. The molecule has 1 unspecified atom stereocenters. The van der Waals surface area contributed by atoms with E-state index < -0.39 is 5.54 Å². The van der Waals surface area contributed by atoms with E-state index in [-0.39, 0.29) is 17.9 Å². The van der Waals surface area contributed by atoms with Crippen LogP contribution >= 0.6 is 11.3 Å². The van der Waals surface area contributed by atoms with Gasteiger partial charge in [-0.1, -0.05) is 26.2 Å². The smallest absolute Gasteiger partial charge is 0.249 e. The molecule has 114 valence electrons. The van der Waals surface area contributed by atoms with Crippen LogP contribution in [0.25, 0.3) is 0 Å². The third-order valence-electron chi connectivity index (χ3n) is 4.62. The predicted molar refractivity (Wildman–Crippen MR) is 80.7 cm³/mol. The normalized spacial score (nSPS) is 25.2. The largest absolute Gasteiger partial charge is 0.340 e. The van der Waals surface area contributed by atoms with E-state index in [0.29, 0.717) is 13.0 Å². The second-order valence-corrected chi connectivity index (χ2v) is 6.69. The van der Waals surface area contributed by atoms with E-state index in [4.69, 9.17) is 0 Å². The SMILES string of the molecule is CCC1C(=O)NC2(CCCCC2)C(=O)N1Cc1cscn1. The monoisotopic (exact) mass is 307 g/mol. The summed E-state index contributed by atoms with van der Waals surface area (Å²) in [4.78, 5) is 31.5. The van der Waals surface area contributed by atoms with Crippen LogP contribution < -0.4 is 5.32 Å². The van der Waals surface area contributed by atoms with Crippen molar-refractivity contribution < 1.29 is 9.59 Å². The molecule has 1 atom stereocenters. The Morgan fingerprint density at radius 1 is 1.38 bits per heavy atom. The summed E-state index contributed by atoms with van der Waals surface area (Å²) in [6.45, 7) is 2.39. The third-order valence-corrected chi connectivity index (χ3v) is 5.26. The summed E-state index contributed by atoms with van der Waals surface area (Å²) in [7, 11) is 0. The number of nitrogens with zero attached hydrogens (tertiary/aromatic N) is 2. The summed E-state index contributed by atoms with van der Waals surface area (Å²) < 4.78 is 0. The van der Waals surface area contributed by atoms with Crippen LogP contribution in [0, 0.1) is 0 Å². The van der Waals surface area contributed by atoms with Gasteiger partial charge in [0.05, 0.1) is 17.7 Å². The first kappa shape index (κ1) is 14.5. The van der Waals surface area contributed by atoms with Gasteiger partial charge in [0.15, 0.2) is 0 Å². The number of piperazine rings is 1. The highest BCUT2D eigenvalue weighted by atomic mass is 32.1. The summed E-state index contributed by atoms with van der Waals surface area (Å²) in [5.41, 5.74) is 1.98. The summed E-state index contributed by atoms with van der Waals surface area (Å²) in [5, 5.41) is 4.99. The summed E-state index contributed by atoms with van der Waals surface area (Å²) in [5.74, 6) is 0.0795. The Labute approximate surface area is 128 Å². The second kappa shape index (κ2) is 5.75. The number of aromatic nitrogens is 1. The molecule has 5 nitrogen and oxygen atoms in total. The van der Waals surface area contributed by atoms with Gasteiger partial charge in [-0.3, -0.25) is 9.59 Å². The van der Waals surface area contributed by atoms with E-state index in [1.807, 2.05) is 12.3 Å². The van der Waals surface area contributed by atoms with Crippen LogP contribution in [0.1, 0.15) is 51.1 Å². The first-order valence-electron chi connectivity index (χ1n) is 7.66. The molecule has 1 saturated heterocycles. The fourth-order valence-corrected chi connectivity index (χ4v) is 4.05. The minimum absolute atomic E-state index is 0.00534. The Balaban J connectivity index is 1.88. The van der Waals surface area contributed by atoms with E-state index in [0.717, 1.165) is 37.8 Å². The van der Waals surface area contributed by atoms with Gasteiger partial charge in [-0.2, -0.15) is 0 Å². The van der Waals surface area contributed by atoms with Crippen molar-refractivity contribution in [3.8, 4) is 0 Å². The number of hydrogen-bond acceptors (Lipinski definition) is 4. The van der Waals surface area contributed by atoms with Gasteiger partial charge in [-0.05, 0) is 19.3 Å². The molecule has 1 N–H and O–H groups in total. The molecule has 2 heterocycles. The zero-order chi connectivity index (χ0) is 14.9. The average Bonchev–Trinajstić information content (AvgIpc) is 2.99. The first-order valence-corrected chi connectivity index (χ1v) is 8.61. The molecule has 0 aromatic carbocycles. The lowest BCUT2D eigenvalue weighted by Crippen LogP contribution is -2.70. The molecule has 2 aliphatic rings. The topological polar surface area (TPSA) is 62.3 Å². The van der Waals surface area contributed by atoms with Gasteiger partial charge in [-0.25, -0.2) is 4.98 Å². The zero-order valence-corrected chi connectivity index (χ0v) is 13.1. The maximum atomic E-state index is 13.0. The van der Waals surface area contributed by atoms with E-state index in [9.17, 15) is 9.59 Å². The number of thiazole rings is 1. The van der Waals surface area contributed by atoms with Crippen LogP contribution in [0.4, 0.5) is 0 Å². The van der Waals surface area contributed by atoms with Crippen molar-refractivity contribution in [2.75, 3.05) is 0 Å². The average molecular weight is 307 g/mol. The Kier molecular flexibility index (Phi) is 3.97. The fourth-order valence-electron chi connectivity index (χ4n) is 3.50. The molecule has 2 fully saturated rings. The van der Waals surface area contributed by atoms with Gasteiger partial charge < -0.3 is 10.2 Å². The Hall–Kier alpha value is -1.43. The van der Waals surface area contributed by atoms with Crippen LogP contribution in [0.2, 0.25) is 0 Å². The number of amides is 2. The van der Waals surface area contributed by atoms with Crippen molar-refractivity contribution in [1.29, 1.82) is 0 Å². The third kappa shape index (κ3) is 2.57. The van der Waals surface area contributed by atoms with Crippen LogP contribution in [0.5, 0.6) is 0 Å². The minimum atomic E-state index is -0.656. The number of rotatable bonds is 3. The molecule has 1 aromatic heterocycles. The molecule has 21 heavy (non-hydrogen) atoms. The highest BCUT2D eigenvalue weighted by Gasteiger charge is 2.50. The lowest BCUT2D eigenvalue weighted by molar-refractivity contribution is -0.157. The molecular formula is C15H21N3O2S. The fraction of sp³-hybridized carbons (Fsp3) is 0.667.